The summed E-state index contributed by atoms with van der Waals surface area (Å²) in [4.78, 5) is 0. The van der Waals surface area contributed by atoms with Crippen molar-refractivity contribution in [3.05, 3.63) is 109 Å². The molecule has 4 heterocycles. The van der Waals surface area contributed by atoms with Gasteiger partial charge in [-0.1, -0.05) is 72.3 Å². The fourth-order valence-electron chi connectivity index (χ4n) is 6.70. The summed E-state index contributed by atoms with van der Waals surface area (Å²) < 4.78 is 4.87. The zero-order valence-corrected chi connectivity index (χ0v) is 20.4. The highest BCUT2D eigenvalue weighted by atomic mass is 15.1. The van der Waals surface area contributed by atoms with Crippen molar-refractivity contribution in [1.82, 2.24) is 14.3 Å². The Labute approximate surface area is 212 Å². The third-order valence-corrected chi connectivity index (χ3v) is 8.31. The van der Waals surface area contributed by atoms with Gasteiger partial charge in [-0.15, -0.1) is 0 Å². The summed E-state index contributed by atoms with van der Waals surface area (Å²) in [5.74, 6) is 1.13. The molecule has 0 spiro atoms. The van der Waals surface area contributed by atoms with Gasteiger partial charge in [0.05, 0.1) is 27.6 Å². The lowest BCUT2D eigenvalue weighted by Gasteiger charge is -2.18. The highest BCUT2D eigenvalue weighted by Crippen LogP contribution is 2.43. The van der Waals surface area contributed by atoms with Crippen molar-refractivity contribution < 1.29 is 0 Å². The van der Waals surface area contributed by atoms with Crippen molar-refractivity contribution in [2.75, 3.05) is 6.54 Å². The van der Waals surface area contributed by atoms with E-state index in [9.17, 15) is 0 Å². The van der Waals surface area contributed by atoms with Crippen LogP contribution in [-0.4, -0.2) is 15.5 Å². The molecule has 0 saturated carbocycles. The van der Waals surface area contributed by atoms with Crippen LogP contribution in [0.2, 0.25) is 0 Å². The summed E-state index contributed by atoms with van der Waals surface area (Å²) in [5, 5.41) is 14.1. The Morgan fingerprint density at radius 1 is 0.595 bits per heavy atom. The van der Waals surface area contributed by atoms with E-state index in [2.05, 4.69) is 124 Å². The molecule has 0 fully saturated rings. The molecular weight excluding hydrogens is 450 g/mol. The molecule has 5 aromatic carbocycles. The summed E-state index contributed by atoms with van der Waals surface area (Å²) in [5.41, 5.74) is 7.68. The summed E-state index contributed by atoms with van der Waals surface area (Å²) in [6.45, 7) is 3.04. The number of nitrogens with zero attached hydrogens (tertiary/aromatic N) is 2. The second kappa shape index (κ2) is 6.71. The van der Waals surface area contributed by atoms with E-state index < -0.39 is 0 Å². The quantitative estimate of drug-likeness (QED) is 0.254. The summed E-state index contributed by atoms with van der Waals surface area (Å²) in [6, 6.07) is 33.7. The largest absolute Gasteiger partial charge is 0.367 e. The molecule has 174 valence electrons. The maximum absolute atomic E-state index is 3.65. The van der Waals surface area contributed by atoms with Gasteiger partial charge >= 0.3 is 0 Å². The number of allylic oxidation sites excluding steroid dienone is 2. The minimum Gasteiger partial charge on any atom is -0.367 e. The second-order valence-corrected chi connectivity index (χ2v) is 10.4. The highest BCUT2D eigenvalue weighted by Gasteiger charge is 2.20. The van der Waals surface area contributed by atoms with Crippen LogP contribution in [0.25, 0.3) is 76.5 Å². The first kappa shape index (κ1) is 19.4. The number of hydrogen-bond acceptors (Lipinski definition) is 1. The van der Waals surface area contributed by atoms with Crippen molar-refractivity contribution in [3.8, 4) is 0 Å². The van der Waals surface area contributed by atoms with Crippen molar-refractivity contribution >= 4 is 76.5 Å². The monoisotopic (exact) mass is 473 g/mol. The number of hydrogen-bond donors (Lipinski definition) is 1. The maximum Gasteiger partial charge on any atom is 0.111 e. The van der Waals surface area contributed by atoms with Crippen LogP contribution >= 0.6 is 0 Å². The third-order valence-electron chi connectivity index (χ3n) is 8.31. The van der Waals surface area contributed by atoms with Gasteiger partial charge in [0.15, 0.2) is 0 Å². The van der Waals surface area contributed by atoms with E-state index >= 15 is 0 Å². The molecule has 0 saturated heterocycles. The van der Waals surface area contributed by atoms with Gasteiger partial charge in [0.25, 0.3) is 0 Å². The Hall–Kier alpha value is -4.76. The van der Waals surface area contributed by atoms with E-state index in [1.807, 2.05) is 0 Å². The number of aromatic nitrogens is 2. The molecule has 0 bridgehead atoms. The van der Waals surface area contributed by atoms with E-state index in [-0.39, 0.29) is 0 Å². The van der Waals surface area contributed by atoms with E-state index in [0.29, 0.717) is 0 Å². The molecule has 0 atom stereocenters. The van der Waals surface area contributed by atoms with Gasteiger partial charge in [-0.25, -0.2) is 0 Å². The van der Waals surface area contributed by atoms with Gasteiger partial charge in [0.2, 0.25) is 0 Å². The van der Waals surface area contributed by atoms with E-state index in [1.54, 1.807) is 0 Å². The smallest absolute Gasteiger partial charge is 0.111 e. The van der Waals surface area contributed by atoms with Crippen LogP contribution in [-0.2, 0) is 0 Å². The molecule has 3 aromatic heterocycles. The molecule has 1 aliphatic rings. The van der Waals surface area contributed by atoms with Crippen molar-refractivity contribution in [2.24, 2.45) is 0 Å². The molecule has 0 amide bonds. The van der Waals surface area contributed by atoms with E-state index in [1.165, 1.54) is 76.2 Å². The summed E-state index contributed by atoms with van der Waals surface area (Å²) >= 11 is 0. The molecule has 1 aliphatic heterocycles. The van der Waals surface area contributed by atoms with Crippen molar-refractivity contribution in [1.29, 1.82) is 0 Å². The molecule has 0 unspecified atom stereocenters. The zero-order valence-electron chi connectivity index (χ0n) is 20.4. The summed E-state index contributed by atoms with van der Waals surface area (Å²) in [7, 11) is 0. The number of rotatable bonds is 1. The van der Waals surface area contributed by atoms with Crippen LogP contribution in [0.5, 0.6) is 0 Å². The molecule has 8 aromatic rings. The number of nitrogens with one attached hydrogen (secondary N) is 1. The number of para-hydroxylation sites is 3. The first-order valence-corrected chi connectivity index (χ1v) is 12.9. The molecule has 37 heavy (non-hydrogen) atoms. The molecule has 1 N–H and O–H groups in total. The fourth-order valence-corrected chi connectivity index (χ4v) is 6.70. The van der Waals surface area contributed by atoms with Crippen molar-refractivity contribution in [3.63, 3.8) is 0 Å². The van der Waals surface area contributed by atoms with Crippen LogP contribution < -0.4 is 5.32 Å². The molecule has 9 rings (SSSR count). The average molecular weight is 474 g/mol. The van der Waals surface area contributed by atoms with Crippen LogP contribution in [0.1, 0.15) is 6.92 Å². The first-order valence-electron chi connectivity index (χ1n) is 12.9. The van der Waals surface area contributed by atoms with Crippen LogP contribution in [0.3, 0.4) is 0 Å². The van der Waals surface area contributed by atoms with E-state index in [0.717, 1.165) is 12.4 Å². The normalized spacial score (nSPS) is 14.5. The zero-order chi connectivity index (χ0) is 24.2. The van der Waals surface area contributed by atoms with Gasteiger partial charge in [-0.05, 0) is 54.1 Å². The molecule has 0 aliphatic carbocycles. The Kier molecular flexibility index (Phi) is 3.52. The minimum absolute atomic E-state index is 0.868. The van der Waals surface area contributed by atoms with Crippen LogP contribution in [0, 0.1) is 0 Å². The van der Waals surface area contributed by atoms with Gasteiger partial charge in [-0.3, -0.25) is 4.57 Å². The van der Waals surface area contributed by atoms with Gasteiger partial charge in [0.1, 0.15) is 5.82 Å². The summed E-state index contributed by atoms with van der Waals surface area (Å²) in [6.07, 6.45) is 4.44. The number of benzene rings is 5. The van der Waals surface area contributed by atoms with Gasteiger partial charge in [0, 0.05) is 38.9 Å². The molecular formula is C34H23N3. The van der Waals surface area contributed by atoms with E-state index in [4.69, 9.17) is 0 Å². The Bertz CT molecular complexity index is 2310. The van der Waals surface area contributed by atoms with Gasteiger partial charge in [-0.2, -0.15) is 0 Å². The first-order chi connectivity index (χ1) is 18.3. The lowest BCUT2D eigenvalue weighted by atomic mass is 10.00. The molecule has 3 nitrogen and oxygen atoms in total. The second-order valence-electron chi connectivity index (χ2n) is 10.4. The number of dihydropyridines is 1. The molecule has 0 radical (unpaired) electrons. The third kappa shape index (κ3) is 2.37. The SMILES string of the molecule is CC1=CC=C(n2c3ccccc3c3cc4ccc5c(c4cc32)c2cccc3c4ccccc4n5c32)NC1. The highest BCUT2D eigenvalue weighted by molar-refractivity contribution is 6.30. The lowest BCUT2D eigenvalue weighted by molar-refractivity contribution is 0.885. The predicted molar refractivity (Wildman–Crippen MR) is 158 cm³/mol. The molecule has 3 heteroatoms. The topological polar surface area (TPSA) is 21.4 Å². The average Bonchev–Trinajstić information content (AvgIpc) is 3.57. The lowest BCUT2D eigenvalue weighted by Crippen LogP contribution is -2.21. The van der Waals surface area contributed by atoms with Gasteiger partial charge < -0.3 is 9.72 Å². The minimum atomic E-state index is 0.868. The maximum atomic E-state index is 3.65. The van der Waals surface area contributed by atoms with Crippen LogP contribution in [0.15, 0.2) is 109 Å². The van der Waals surface area contributed by atoms with Crippen molar-refractivity contribution in [2.45, 2.75) is 6.92 Å². The standard InChI is InChI=1S/C34H23N3/c1-20-13-16-32(35-19-20)36-28-11-4-3-8-23(28)27-17-21-14-15-30-33(26(21)18-31(27)36)25-10-6-9-24-22-7-2-5-12-29(22)37(30)34(24)25/h2-18,35H,19H2,1H3. The Morgan fingerprint density at radius 2 is 1.35 bits per heavy atom. The fraction of sp³-hybridized carbons (Fsp3) is 0.0588. The Balaban J connectivity index is 1.49. The number of fused-ring (bicyclic) bond motifs is 11. The van der Waals surface area contributed by atoms with Crippen LogP contribution in [0.4, 0.5) is 0 Å². The Morgan fingerprint density at radius 3 is 2.19 bits per heavy atom. The predicted octanol–water partition coefficient (Wildman–Crippen LogP) is 8.45.